The zero-order valence-corrected chi connectivity index (χ0v) is 9.77. The summed E-state index contributed by atoms with van der Waals surface area (Å²) in [4.78, 5) is 11.4. The molecule has 0 saturated carbocycles. The fourth-order valence-electron chi connectivity index (χ4n) is 1.66. The second-order valence-electron chi connectivity index (χ2n) is 3.69. The Morgan fingerprint density at radius 2 is 2.17 bits per heavy atom. The zero-order chi connectivity index (χ0) is 12.7. The summed E-state index contributed by atoms with van der Waals surface area (Å²) in [6.45, 7) is 0. The highest BCUT2D eigenvalue weighted by Gasteiger charge is 2.15. The standard InChI is InChI=1S/C12H7NO4S/c14-8-3-1-2-6-4-10(18-11(6)8)9-5-7(12(15)16)13-17-9/h1-5,14H,(H,15,16). The first-order valence-corrected chi connectivity index (χ1v) is 5.89. The van der Waals surface area contributed by atoms with Gasteiger partial charge in [0.15, 0.2) is 11.5 Å². The topological polar surface area (TPSA) is 83.6 Å². The number of carboxylic acid groups (broad SMARTS) is 1. The van der Waals surface area contributed by atoms with Crippen LogP contribution in [-0.2, 0) is 0 Å². The van der Waals surface area contributed by atoms with Crippen molar-refractivity contribution in [2.24, 2.45) is 0 Å². The predicted molar refractivity (Wildman–Crippen MR) is 65.9 cm³/mol. The minimum atomic E-state index is -1.13. The molecule has 0 bridgehead atoms. The number of benzene rings is 1. The number of aromatic hydroxyl groups is 1. The minimum absolute atomic E-state index is 0.133. The maximum atomic E-state index is 10.7. The summed E-state index contributed by atoms with van der Waals surface area (Å²) < 4.78 is 5.72. The van der Waals surface area contributed by atoms with Crippen LogP contribution in [0.15, 0.2) is 34.9 Å². The number of carboxylic acids is 1. The molecule has 0 aliphatic rings. The fraction of sp³-hybridized carbons (Fsp3) is 0. The van der Waals surface area contributed by atoms with E-state index >= 15 is 0 Å². The number of hydrogen-bond acceptors (Lipinski definition) is 5. The highest BCUT2D eigenvalue weighted by atomic mass is 32.1. The molecule has 1 aromatic carbocycles. The number of phenolic OH excluding ortho intramolecular Hbond substituents is 1. The fourth-order valence-corrected chi connectivity index (χ4v) is 2.68. The van der Waals surface area contributed by atoms with Crippen molar-refractivity contribution < 1.29 is 19.5 Å². The molecule has 0 spiro atoms. The maximum absolute atomic E-state index is 10.7. The van der Waals surface area contributed by atoms with E-state index in [2.05, 4.69) is 5.16 Å². The number of phenols is 1. The lowest BCUT2D eigenvalue weighted by molar-refractivity contribution is 0.0686. The zero-order valence-electron chi connectivity index (χ0n) is 8.95. The molecule has 90 valence electrons. The van der Waals surface area contributed by atoms with Gasteiger partial charge in [0.25, 0.3) is 0 Å². The van der Waals surface area contributed by atoms with Gasteiger partial charge < -0.3 is 14.7 Å². The molecule has 0 aliphatic heterocycles. The van der Waals surface area contributed by atoms with Crippen LogP contribution in [0.1, 0.15) is 10.5 Å². The second-order valence-corrected chi connectivity index (χ2v) is 4.74. The molecule has 3 aromatic rings. The van der Waals surface area contributed by atoms with Crippen molar-refractivity contribution >= 4 is 27.4 Å². The number of thiophene rings is 1. The van der Waals surface area contributed by atoms with E-state index in [1.807, 2.05) is 12.1 Å². The van der Waals surface area contributed by atoms with Gasteiger partial charge in [-0.25, -0.2) is 4.79 Å². The van der Waals surface area contributed by atoms with Gasteiger partial charge in [-0.05, 0) is 17.5 Å². The van der Waals surface area contributed by atoms with Crippen molar-refractivity contribution in [3.8, 4) is 16.4 Å². The number of hydrogen-bond donors (Lipinski definition) is 2. The van der Waals surface area contributed by atoms with Crippen LogP contribution in [0, 0.1) is 0 Å². The van der Waals surface area contributed by atoms with Gasteiger partial charge in [0.1, 0.15) is 5.75 Å². The van der Waals surface area contributed by atoms with Crippen LogP contribution in [0.5, 0.6) is 5.75 Å². The molecule has 3 rings (SSSR count). The molecule has 0 radical (unpaired) electrons. The van der Waals surface area contributed by atoms with Crippen LogP contribution in [0.3, 0.4) is 0 Å². The number of aromatic nitrogens is 1. The van der Waals surface area contributed by atoms with Gasteiger partial charge in [0.05, 0.1) is 9.58 Å². The molecule has 0 aliphatic carbocycles. The van der Waals surface area contributed by atoms with Gasteiger partial charge in [-0.1, -0.05) is 17.3 Å². The Hall–Kier alpha value is -2.34. The van der Waals surface area contributed by atoms with Gasteiger partial charge in [-0.2, -0.15) is 0 Å². The van der Waals surface area contributed by atoms with Crippen LogP contribution in [0.2, 0.25) is 0 Å². The third kappa shape index (κ3) is 1.63. The van der Waals surface area contributed by atoms with Crippen molar-refractivity contribution in [1.82, 2.24) is 5.16 Å². The Kier molecular flexibility index (Phi) is 2.31. The molecule has 0 amide bonds. The van der Waals surface area contributed by atoms with E-state index in [0.29, 0.717) is 5.76 Å². The molecule has 0 saturated heterocycles. The Morgan fingerprint density at radius 1 is 1.33 bits per heavy atom. The predicted octanol–water partition coefficient (Wildman–Crippen LogP) is 2.96. The van der Waals surface area contributed by atoms with E-state index in [4.69, 9.17) is 9.63 Å². The van der Waals surface area contributed by atoms with Gasteiger partial charge in [0, 0.05) is 6.07 Å². The Morgan fingerprint density at radius 3 is 2.83 bits per heavy atom. The van der Waals surface area contributed by atoms with E-state index in [9.17, 15) is 9.90 Å². The molecule has 5 nitrogen and oxygen atoms in total. The van der Waals surface area contributed by atoms with Crippen molar-refractivity contribution in [2.45, 2.75) is 0 Å². The third-order valence-corrected chi connectivity index (χ3v) is 3.68. The SMILES string of the molecule is O=C(O)c1cc(-c2cc3cccc(O)c3s2)on1. The summed E-state index contributed by atoms with van der Waals surface area (Å²) in [5, 5.41) is 22.8. The largest absolute Gasteiger partial charge is 0.506 e. The normalized spacial score (nSPS) is 10.9. The van der Waals surface area contributed by atoms with Gasteiger partial charge >= 0.3 is 5.97 Å². The molecular weight excluding hydrogens is 254 g/mol. The van der Waals surface area contributed by atoms with E-state index in [-0.39, 0.29) is 11.4 Å². The number of fused-ring (bicyclic) bond motifs is 1. The van der Waals surface area contributed by atoms with Crippen molar-refractivity contribution in [3.63, 3.8) is 0 Å². The summed E-state index contributed by atoms with van der Waals surface area (Å²) in [5.41, 5.74) is -0.133. The number of rotatable bonds is 2. The van der Waals surface area contributed by atoms with E-state index < -0.39 is 5.97 Å². The average Bonchev–Trinajstić information content (AvgIpc) is 2.95. The summed E-state index contributed by atoms with van der Waals surface area (Å²) in [6, 6.07) is 8.41. The van der Waals surface area contributed by atoms with Crippen LogP contribution >= 0.6 is 11.3 Å². The highest BCUT2D eigenvalue weighted by molar-refractivity contribution is 7.22. The molecule has 0 fully saturated rings. The first kappa shape index (κ1) is 10.8. The van der Waals surface area contributed by atoms with Crippen LogP contribution in [-0.4, -0.2) is 21.3 Å². The van der Waals surface area contributed by atoms with Gasteiger partial charge in [-0.3, -0.25) is 0 Å². The third-order valence-electron chi connectivity index (χ3n) is 2.50. The van der Waals surface area contributed by atoms with E-state index in [1.54, 1.807) is 12.1 Å². The number of aromatic carboxylic acids is 1. The van der Waals surface area contributed by atoms with E-state index in [1.165, 1.54) is 17.4 Å². The van der Waals surface area contributed by atoms with Crippen LogP contribution in [0.25, 0.3) is 20.7 Å². The smallest absolute Gasteiger partial charge is 0.358 e. The van der Waals surface area contributed by atoms with Crippen molar-refractivity contribution in [1.29, 1.82) is 0 Å². The lowest BCUT2D eigenvalue weighted by atomic mass is 10.2. The molecule has 2 aromatic heterocycles. The van der Waals surface area contributed by atoms with Crippen LogP contribution in [0.4, 0.5) is 0 Å². The molecular formula is C12H7NO4S. The lowest BCUT2D eigenvalue weighted by Crippen LogP contribution is -1.94. The first-order valence-electron chi connectivity index (χ1n) is 5.07. The molecule has 2 N–H and O–H groups in total. The highest BCUT2D eigenvalue weighted by Crippen LogP contribution is 2.38. The van der Waals surface area contributed by atoms with Crippen LogP contribution < -0.4 is 0 Å². The Labute approximate surface area is 105 Å². The monoisotopic (exact) mass is 261 g/mol. The summed E-state index contributed by atoms with van der Waals surface area (Å²) >= 11 is 1.33. The summed E-state index contributed by atoms with van der Waals surface area (Å²) in [6.07, 6.45) is 0. The molecule has 6 heteroatoms. The molecule has 18 heavy (non-hydrogen) atoms. The summed E-state index contributed by atoms with van der Waals surface area (Å²) in [5.74, 6) is -0.552. The van der Waals surface area contributed by atoms with Crippen molar-refractivity contribution in [2.75, 3.05) is 0 Å². The Bertz CT molecular complexity index is 743. The Balaban J connectivity index is 2.13. The quantitative estimate of drug-likeness (QED) is 0.741. The van der Waals surface area contributed by atoms with Crippen molar-refractivity contribution in [3.05, 3.63) is 36.0 Å². The maximum Gasteiger partial charge on any atom is 0.358 e. The molecule has 0 unspecified atom stereocenters. The number of nitrogens with zero attached hydrogens (tertiary/aromatic N) is 1. The summed E-state index contributed by atoms with van der Waals surface area (Å²) in [7, 11) is 0. The second kappa shape index (κ2) is 3.85. The average molecular weight is 261 g/mol. The van der Waals surface area contributed by atoms with Gasteiger partial charge in [-0.15, -0.1) is 11.3 Å². The van der Waals surface area contributed by atoms with Gasteiger partial charge in [0.2, 0.25) is 0 Å². The molecule has 0 atom stereocenters. The molecule has 2 heterocycles. The van der Waals surface area contributed by atoms with E-state index in [0.717, 1.165) is 15.0 Å². The minimum Gasteiger partial charge on any atom is -0.506 e. The first-order chi connectivity index (χ1) is 8.65. The number of carbonyl (C=O) groups is 1. The lowest BCUT2D eigenvalue weighted by Gasteiger charge is -1.90.